The lowest BCUT2D eigenvalue weighted by molar-refractivity contribution is -0.0339. The monoisotopic (exact) mass is 242 g/mol. The Bertz CT molecular complexity index is 214. The predicted octanol–water partition coefficient (Wildman–Crippen LogP) is 2.12. The number of nitrogens with one attached hydrogen (secondary N) is 1. The van der Waals surface area contributed by atoms with E-state index in [1.807, 2.05) is 0 Å². The number of ether oxygens (including phenoxy) is 1. The Kier molecular flexibility index (Phi) is 5.90. The van der Waals surface area contributed by atoms with Gasteiger partial charge in [0, 0.05) is 24.7 Å². The molecule has 0 bridgehead atoms. The minimum Gasteiger partial charge on any atom is -0.379 e. The van der Waals surface area contributed by atoms with Crippen molar-refractivity contribution < 1.29 is 4.74 Å². The maximum absolute atomic E-state index is 5.47. The Labute approximate surface area is 107 Å². The van der Waals surface area contributed by atoms with Crippen LogP contribution in [-0.2, 0) is 4.74 Å². The summed E-state index contributed by atoms with van der Waals surface area (Å²) >= 11 is 0. The summed E-state index contributed by atoms with van der Waals surface area (Å²) in [7, 11) is 2.10. The highest BCUT2D eigenvalue weighted by molar-refractivity contribution is 4.96. The highest BCUT2D eigenvalue weighted by Crippen LogP contribution is 2.28. The molecule has 0 aliphatic carbocycles. The molecule has 3 heteroatoms. The number of hydrogen-bond donors (Lipinski definition) is 1. The number of nitrogens with zero attached hydrogens (tertiary/aromatic N) is 1. The van der Waals surface area contributed by atoms with Crippen LogP contribution in [0.1, 0.15) is 40.5 Å². The van der Waals surface area contributed by atoms with Crippen molar-refractivity contribution in [3.05, 3.63) is 0 Å². The van der Waals surface area contributed by atoms with Crippen molar-refractivity contribution in [2.45, 2.75) is 52.1 Å². The largest absolute Gasteiger partial charge is 0.379 e. The van der Waals surface area contributed by atoms with Gasteiger partial charge in [-0.25, -0.2) is 0 Å². The number of likely N-dealkylation sites (N-methyl/N-ethyl adjacent to an activating group) is 1. The second-order valence-electron chi connectivity index (χ2n) is 5.78. The van der Waals surface area contributed by atoms with Crippen molar-refractivity contribution in [2.24, 2.45) is 5.92 Å². The summed E-state index contributed by atoms with van der Waals surface area (Å²) in [6, 6.07) is 0.561. The van der Waals surface area contributed by atoms with Gasteiger partial charge in [-0.05, 0) is 32.7 Å². The van der Waals surface area contributed by atoms with E-state index in [-0.39, 0.29) is 5.54 Å². The lowest BCUT2D eigenvalue weighted by atomic mass is 9.82. The van der Waals surface area contributed by atoms with Crippen LogP contribution in [0.25, 0.3) is 0 Å². The molecule has 0 radical (unpaired) electrons. The fourth-order valence-corrected chi connectivity index (χ4v) is 2.92. The van der Waals surface area contributed by atoms with E-state index in [9.17, 15) is 0 Å². The molecule has 0 saturated carbocycles. The number of morpholine rings is 1. The van der Waals surface area contributed by atoms with Gasteiger partial charge < -0.3 is 10.1 Å². The van der Waals surface area contributed by atoms with E-state index in [1.54, 1.807) is 0 Å². The van der Waals surface area contributed by atoms with Gasteiger partial charge in [0.25, 0.3) is 0 Å². The van der Waals surface area contributed by atoms with E-state index in [4.69, 9.17) is 4.74 Å². The average molecular weight is 242 g/mol. The molecule has 0 amide bonds. The summed E-state index contributed by atoms with van der Waals surface area (Å²) < 4.78 is 5.47. The zero-order valence-electron chi connectivity index (χ0n) is 12.3. The molecule has 1 saturated heterocycles. The van der Waals surface area contributed by atoms with E-state index >= 15 is 0 Å². The molecule has 1 heterocycles. The van der Waals surface area contributed by atoms with Crippen LogP contribution in [0.4, 0.5) is 0 Å². The molecule has 2 unspecified atom stereocenters. The van der Waals surface area contributed by atoms with Gasteiger partial charge in [0.15, 0.2) is 0 Å². The third kappa shape index (κ3) is 3.67. The van der Waals surface area contributed by atoms with Crippen LogP contribution >= 0.6 is 0 Å². The lowest BCUT2D eigenvalue weighted by Gasteiger charge is -2.48. The van der Waals surface area contributed by atoms with E-state index in [1.165, 1.54) is 12.8 Å². The number of rotatable bonds is 6. The van der Waals surface area contributed by atoms with Crippen LogP contribution in [0, 0.1) is 5.92 Å². The summed E-state index contributed by atoms with van der Waals surface area (Å²) in [6.45, 7) is 13.2. The fraction of sp³-hybridized carbons (Fsp3) is 1.00. The molecule has 0 aromatic rings. The highest BCUT2D eigenvalue weighted by Gasteiger charge is 2.38. The van der Waals surface area contributed by atoms with Gasteiger partial charge >= 0.3 is 0 Å². The van der Waals surface area contributed by atoms with Gasteiger partial charge in [-0.15, -0.1) is 0 Å². The van der Waals surface area contributed by atoms with Crippen LogP contribution < -0.4 is 5.32 Å². The van der Waals surface area contributed by atoms with Crippen LogP contribution in [-0.4, -0.2) is 49.8 Å². The summed E-state index contributed by atoms with van der Waals surface area (Å²) in [4.78, 5) is 2.61. The summed E-state index contributed by atoms with van der Waals surface area (Å²) in [6.07, 6.45) is 2.42. The van der Waals surface area contributed by atoms with Gasteiger partial charge in [0.05, 0.1) is 13.2 Å². The fourth-order valence-electron chi connectivity index (χ4n) is 2.92. The quantitative estimate of drug-likeness (QED) is 0.772. The van der Waals surface area contributed by atoms with Gasteiger partial charge in [-0.1, -0.05) is 20.8 Å². The molecular weight excluding hydrogens is 212 g/mol. The Morgan fingerprint density at radius 2 is 1.88 bits per heavy atom. The first kappa shape index (κ1) is 14.9. The van der Waals surface area contributed by atoms with Crippen LogP contribution in [0.3, 0.4) is 0 Å². The van der Waals surface area contributed by atoms with Crippen molar-refractivity contribution >= 4 is 0 Å². The SMILES string of the molecule is CCC(C)(C(CC(C)C)NC)N1CCOCC1. The molecule has 0 aromatic carbocycles. The molecule has 17 heavy (non-hydrogen) atoms. The van der Waals surface area contributed by atoms with Crippen molar-refractivity contribution in [1.82, 2.24) is 10.2 Å². The van der Waals surface area contributed by atoms with Gasteiger partial charge in [0.2, 0.25) is 0 Å². The Morgan fingerprint density at radius 3 is 2.29 bits per heavy atom. The topological polar surface area (TPSA) is 24.5 Å². The Morgan fingerprint density at radius 1 is 1.29 bits per heavy atom. The molecule has 0 spiro atoms. The summed E-state index contributed by atoms with van der Waals surface area (Å²) in [5.41, 5.74) is 0.253. The Hall–Kier alpha value is -0.120. The van der Waals surface area contributed by atoms with E-state index in [0.717, 1.165) is 32.2 Å². The first-order valence-corrected chi connectivity index (χ1v) is 7.04. The summed E-state index contributed by atoms with van der Waals surface area (Å²) in [5, 5.41) is 3.54. The zero-order valence-corrected chi connectivity index (χ0v) is 12.3. The summed E-state index contributed by atoms with van der Waals surface area (Å²) in [5.74, 6) is 0.736. The van der Waals surface area contributed by atoms with E-state index in [2.05, 4.69) is 45.0 Å². The maximum atomic E-state index is 5.47. The number of hydrogen-bond acceptors (Lipinski definition) is 3. The molecule has 102 valence electrons. The van der Waals surface area contributed by atoms with Crippen LogP contribution in [0.15, 0.2) is 0 Å². The van der Waals surface area contributed by atoms with Crippen molar-refractivity contribution in [2.75, 3.05) is 33.4 Å². The molecule has 0 aromatic heterocycles. The molecule has 1 fully saturated rings. The van der Waals surface area contributed by atoms with Crippen molar-refractivity contribution in [3.63, 3.8) is 0 Å². The third-order valence-electron chi connectivity index (χ3n) is 4.26. The minimum absolute atomic E-state index is 0.253. The second-order valence-corrected chi connectivity index (χ2v) is 5.78. The minimum atomic E-state index is 0.253. The normalized spacial score (nSPS) is 23.6. The standard InChI is InChI=1S/C14H30N2O/c1-6-14(4,13(15-5)11-12(2)3)16-7-9-17-10-8-16/h12-13,15H,6-11H2,1-5H3. The first-order valence-electron chi connectivity index (χ1n) is 7.04. The smallest absolute Gasteiger partial charge is 0.0594 e. The maximum Gasteiger partial charge on any atom is 0.0594 e. The second kappa shape index (κ2) is 6.72. The van der Waals surface area contributed by atoms with Crippen molar-refractivity contribution in [1.29, 1.82) is 0 Å². The van der Waals surface area contributed by atoms with Crippen molar-refractivity contribution in [3.8, 4) is 0 Å². The zero-order chi connectivity index (χ0) is 12.9. The third-order valence-corrected chi connectivity index (χ3v) is 4.26. The molecule has 1 N–H and O–H groups in total. The molecule has 1 aliphatic rings. The lowest BCUT2D eigenvalue weighted by Crippen LogP contribution is -2.61. The van der Waals surface area contributed by atoms with E-state index < -0.39 is 0 Å². The average Bonchev–Trinajstić information content (AvgIpc) is 2.35. The Balaban J connectivity index is 2.75. The van der Waals surface area contributed by atoms with Crippen LogP contribution in [0.5, 0.6) is 0 Å². The van der Waals surface area contributed by atoms with Crippen LogP contribution in [0.2, 0.25) is 0 Å². The van der Waals surface area contributed by atoms with Gasteiger partial charge in [-0.2, -0.15) is 0 Å². The predicted molar refractivity (Wildman–Crippen MR) is 73.4 cm³/mol. The first-order chi connectivity index (χ1) is 8.04. The molecule has 2 atom stereocenters. The van der Waals surface area contributed by atoms with E-state index in [0.29, 0.717) is 6.04 Å². The molecule has 1 aliphatic heterocycles. The highest BCUT2D eigenvalue weighted by atomic mass is 16.5. The molecule has 3 nitrogen and oxygen atoms in total. The molecular formula is C14H30N2O. The van der Waals surface area contributed by atoms with Gasteiger partial charge in [-0.3, -0.25) is 4.90 Å². The van der Waals surface area contributed by atoms with Gasteiger partial charge in [0.1, 0.15) is 0 Å². The molecule has 1 rings (SSSR count).